The highest BCUT2D eigenvalue weighted by Gasteiger charge is 2.12. The van der Waals surface area contributed by atoms with Gasteiger partial charge in [0.1, 0.15) is 18.2 Å². The number of imidazole rings is 1. The first-order chi connectivity index (χ1) is 5.61. The first-order valence-electron chi connectivity index (χ1n) is 3.74. The number of carbonyl (C=O) groups is 1. The minimum atomic E-state index is 0. The smallest absolute Gasteiger partial charge is 0.317 e. The van der Waals surface area contributed by atoms with Crippen LogP contribution in [-0.2, 0) is 18.9 Å². The number of hydrogen-bond donors (Lipinski definition) is 0. The Bertz CT molecular complexity index is 279. The Balaban J connectivity index is 0.00000144. The molecule has 0 saturated carbocycles. The molecule has 74 valence electrons. The van der Waals surface area contributed by atoms with Crippen LogP contribution in [0.2, 0.25) is 0 Å². The maximum Gasteiger partial charge on any atom is 0.317 e. The van der Waals surface area contributed by atoms with Gasteiger partial charge in [0, 0.05) is 0 Å². The lowest BCUT2D eigenvalue weighted by Crippen LogP contribution is -3.00. The maximum absolute atomic E-state index is 10.7. The highest BCUT2D eigenvalue weighted by Crippen LogP contribution is 2.11. The molecule has 1 aromatic rings. The Morgan fingerprint density at radius 1 is 1.69 bits per heavy atom. The molecule has 0 aromatic carbocycles. The van der Waals surface area contributed by atoms with E-state index in [9.17, 15) is 4.79 Å². The van der Waals surface area contributed by atoms with Gasteiger partial charge < -0.3 is 24.0 Å². The summed E-state index contributed by atoms with van der Waals surface area (Å²) >= 11 is 1.56. The van der Waals surface area contributed by atoms with Gasteiger partial charge in [-0.2, -0.15) is 0 Å². The van der Waals surface area contributed by atoms with Crippen molar-refractivity contribution in [2.45, 2.75) is 12.1 Å². The van der Waals surface area contributed by atoms with Gasteiger partial charge in [0.2, 0.25) is 0 Å². The summed E-state index contributed by atoms with van der Waals surface area (Å²) in [7, 11) is 3.95. The zero-order valence-electron chi connectivity index (χ0n) is 7.95. The van der Waals surface area contributed by atoms with Gasteiger partial charge in [0.15, 0.2) is 0 Å². The van der Waals surface area contributed by atoms with Crippen molar-refractivity contribution in [3.8, 4) is 0 Å². The van der Waals surface area contributed by atoms with Crippen LogP contribution in [0, 0.1) is 0 Å². The van der Waals surface area contributed by atoms with E-state index in [1.54, 1.807) is 18.7 Å². The van der Waals surface area contributed by atoms with E-state index in [1.807, 2.05) is 35.6 Å². The Hall–Kier alpha value is -0.0400. The van der Waals surface area contributed by atoms with Gasteiger partial charge in [0.05, 0.1) is 19.8 Å². The highest BCUT2D eigenvalue weighted by atomic mass is 127. The quantitative estimate of drug-likeness (QED) is 0.351. The second-order valence-corrected chi connectivity index (χ2v) is 3.74. The highest BCUT2D eigenvalue weighted by molar-refractivity contribution is 7.99. The molecule has 0 N–H and O–H groups in total. The molecule has 0 spiro atoms. The van der Waals surface area contributed by atoms with Crippen LogP contribution in [0.5, 0.6) is 0 Å². The van der Waals surface area contributed by atoms with Crippen LogP contribution in [0.3, 0.4) is 0 Å². The van der Waals surface area contributed by atoms with E-state index in [0.29, 0.717) is 5.75 Å². The summed E-state index contributed by atoms with van der Waals surface area (Å²) in [5.41, 5.74) is 0. The predicted octanol–water partition coefficient (Wildman–Crippen LogP) is -2.47. The Morgan fingerprint density at radius 2 is 2.31 bits per heavy atom. The van der Waals surface area contributed by atoms with Crippen molar-refractivity contribution in [1.82, 2.24) is 4.57 Å². The third-order valence-electron chi connectivity index (χ3n) is 1.52. The van der Waals surface area contributed by atoms with Gasteiger partial charge in [-0.1, -0.05) is 0 Å². The zero-order valence-corrected chi connectivity index (χ0v) is 10.9. The number of halogens is 1. The number of nitrogens with zero attached hydrogens (tertiary/aromatic N) is 2. The molecule has 0 fully saturated rings. The number of aryl methyl sites for hydroxylation is 2. The summed E-state index contributed by atoms with van der Waals surface area (Å²) in [6.45, 7) is 1.61. The molecular formula is C8H13IN2OS. The summed E-state index contributed by atoms with van der Waals surface area (Å²) in [5, 5.41) is 1.10. The minimum absolute atomic E-state index is 0. The third-order valence-corrected chi connectivity index (χ3v) is 2.91. The number of carbonyl (C=O) groups excluding carboxylic acids is 1. The van der Waals surface area contributed by atoms with Gasteiger partial charge in [-0.05, 0) is 18.7 Å². The largest absolute Gasteiger partial charge is 1.00 e. The van der Waals surface area contributed by atoms with Crippen LogP contribution < -0.4 is 28.5 Å². The molecule has 1 rings (SSSR count). The molecule has 13 heavy (non-hydrogen) atoms. The van der Waals surface area contributed by atoms with Crippen molar-refractivity contribution in [1.29, 1.82) is 0 Å². The number of ketones is 1. The van der Waals surface area contributed by atoms with E-state index >= 15 is 0 Å². The van der Waals surface area contributed by atoms with Crippen LogP contribution in [-0.4, -0.2) is 16.1 Å². The fourth-order valence-electron chi connectivity index (χ4n) is 0.946. The first kappa shape index (κ1) is 13.0. The average Bonchev–Trinajstić information content (AvgIpc) is 2.28. The van der Waals surface area contributed by atoms with E-state index in [2.05, 4.69) is 0 Å². The number of thioether (sulfide) groups is 1. The molecule has 1 aromatic heterocycles. The van der Waals surface area contributed by atoms with E-state index in [-0.39, 0.29) is 29.8 Å². The summed E-state index contributed by atoms with van der Waals surface area (Å²) < 4.78 is 4.02. The normalized spacial score (nSPS) is 9.46. The number of aromatic nitrogens is 2. The van der Waals surface area contributed by atoms with Crippen LogP contribution in [0.4, 0.5) is 0 Å². The molecule has 0 amide bonds. The standard InChI is InChI=1S/C8H13N2OS.HI/c1-7(11)6-12-8-9(2)4-5-10(8)3;/h4-5H,6H2,1-3H3;1H/q+1;/p-1. The number of Topliss-reactive ketones (excluding diaryl/α,β-unsaturated/α-hetero) is 1. The van der Waals surface area contributed by atoms with E-state index < -0.39 is 0 Å². The lowest BCUT2D eigenvalue weighted by molar-refractivity contribution is -0.709. The van der Waals surface area contributed by atoms with Crippen LogP contribution in [0.25, 0.3) is 0 Å². The van der Waals surface area contributed by atoms with Gasteiger partial charge in [-0.15, -0.1) is 0 Å². The van der Waals surface area contributed by atoms with Crippen molar-refractivity contribution < 1.29 is 33.3 Å². The van der Waals surface area contributed by atoms with Gasteiger partial charge in [0.25, 0.3) is 0 Å². The Labute approximate surface area is 99.5 Å². The molecule has 3 nitrogen and oxygen atoms in total. The number of hydrogen-bond acceptors (Lipinski definition) is 2. The Morgan fingerprint density at radius 3 is 2.69 bits per heavy atom. The van der Waals surface area contributed by atoms with Gasteiger partial charge in [-0.25, -0.2) is 9.13 Å². The summed E-state index contributed by atoms with van der Waals surface area (Å²) in [5.74, 6) is 0.757. The van der Waals surface area contributed by atoms with Crippen LogP contribution in [0.15, 0.2) is 17.6 Å². The first-order valence-corrected chi connectivity index (χ1v) is 4.73. The lowest BCUT2D eigenvalue weighted by Gasteiger charge is -1.94. The molecule has 0 radical (unpaired) electrons. The third kappa shape index (κ3) is 3.68. The monoisotopic (exact) mass is 312 g/mol. The average molecular weight is 312 g/mol. The molecular weight excluding hydrogens is 299 g/mol. The molecule has 0 bridgehead atoms. The Kier molecular flexibility index (Phi) is 5.62. The number of rotatable bonds is 3. The molecule has 0 aliphatic heterocycles. The van der Waals surface area contributed by atoms with E-state index in [0.717, 1.165) is 5.16 Å². The lowest BCUT2D eigenvalue weighted by atomic mass is 10.5. The second-order valence-electron chi connectivity index (χ2n) is 2.79. The molecule has 0 unspecified atom stereocenters. The van der Waals surface area contributed by atoms with Crippen molar-refractivity contribution in [2.75, 3.05) is 5.75 Å². The molecule has 0 aliphatic carbocycles. The fraction of sp³-hybridized carbons (Fsp3) is 0.500. The minimum Gasteiger partial charge on any atom is -1.00 e. The second kappa shape index (κ2) is 5.64. The van der Waals surface area contributed by atoms with E-state index in [4.69, 9.17) is 0 Å². The van der Waals surface area contributed by atoms with Crippen LogP contribution >= 0.6 is 11.8 Å². The topological polar surface area (TPSA) is 25.9 Å². The fourth-order valence-corrected chi connectivity index (χ4v) is 1.81. The molecule has 0 saturated heterocycles. The van der Waals surface area contributed by atoms with Gasteiger partial charge in [-0.3, -0.25) is 4.79 Å². The summed E-state index contributed by atoms with van der Waals surface area (Å²) in [6, 6.07) is 0. The summed E-state index contributed by atoms with van der Waals surface area (Å²) in [6.07, 6.45) is 3.95. The van der Waals surface area contributed by atoms with E-state index in [1.165, 1.54) is 0 Å². The van der Waals surface area contributed by atoms with Crippen molar-refractivity contribution in [3.63, 3.8) is 0 Å². The van der Waals surface area contributed by atoms with Crippen molar-refractivity contribution in [2.24, 2.45) is 14.1 Å². The summed E-state index contributed by atoms with van der Waals surface area (Å²) in [4.78, 5) is 10.7. The van der Waals surface area contributed by atoms with Crippen LogP contribution in [0.1, 0.15) is 6.92 Å². The van der Waals surface area contributed by atoms with Crippen molar-refractivity contribution >= 4 is 17.5 Å². The SMILES string of the molecule is CC(=O)CSc1n(C)cc[n+]1C.[I-]. The molecule has 1 heterocycles. The molecule has 0 aliphatic rings. The predicted molar refractivity (Wildman–Crippen MR) is 48.0 cm³/mol. The molecule has 0 atom stereocenters. The van der Waals surface area contributed by atoms with Gasteiger partial charge >= 0.3 is 5.16 Å². The molecule has 5 heteroatoms. The maximum atomic E-state index is 10.7. The van der Waals surface area contributed by atoms with Crippen molar-refractivity contribution in [3.05, 3.63) is 12.4 Å². The zero-order chi connectivity index (χ0) is 9.14.